The van der Waals surface area contributed by atoms with Gasteiger partial charge in [-0.15, -0.1) is 0 Å². The minimum Gasteiger partial charge on any atom is -0.351 e. The molecule has 0 saturated heterocycles. The van der Waals surface area contributed by atoms with Gasteiger partial charge in [0.05, 0.1) is 17.3 Å². The lowest BCUT2D eigenvalue weighted by atomic mass is 10.1. The van der Waals surface area contributed by atoms with Gasteiger partial charge in [-0.05, 0) is 64.9 Å². The Labute approximate surface area is 239 Å². The third-order valence-electron chi connectivity index (χ3n) is 6.30. The molecule has 0 aromatic carbocycles. The Kier molecular flexibility index (Phi) is 9.28. The van der Waals surface area contributed by atoms with E-state index in [0.29, 0.717) is 29.5 Å². The van der Waals surface area contributed by atoms with Crippen molar-refractivity contribution < 1.29 is 19.2 Å². The van der Waals surface area contributed by atoms with E-state index in [1.54, 1.807) is 80.5 Å². The van der Waals surface area contributed by atoms with E-state index in [4.69, 9.17) is 0 Å². The third-order valence-corrected chi connectivity index (χ3v) is 6.30. The fourth-order valence-corrected chi connectivity index (χ4v) is 4.24. The second-order valence-corrected chi connectivity index (χ2v) is 9.96. The number of nitrogens with one attached hydrogen (secondary N) is 4. The molecule has 5 radical (unpaired) electrons. The highest BCUT2D eigenvalue weighted by Crippen LogP contribution is 2.25. The first kappa shape index (κ1) is 29.6. The molecule has 1 saturated carbocycles. The molecule has 215 valence electrons. The van der Waals surface area contributed by atoms with E-state index in [2.05, 4.69) is 26.3 Å². The fraction of sp³-hybridized carbons (Fsp3) is 0.286. The maximum atomic E-state index is 13.0. The number of imidazole rings is 1. The quantitative estimate of drug-likeness (QED) is 0.262. The molecule has 1 fully saturated rings. The summed E-state index contributed by atoms with van der Waals surface area (Å²) in [5.41, 5.74) is 1.60. The van der Waals surface area contributed by atoms with Gasteiger partial charge < -0.3 is 39.9 Å². The molecule has 0 atom stereocenters. The standard InChI is InChI=1S/C28H34N9O4/c1-34(2)12-8-11-29-26(39)21-13-20(16-35(21)3)31-28(41)24-32-23(17-37(24)5)33-27(40)22-14-19(15-36(22)4)30-25(38)18-9-6-7-10-18/h6-7,9-10,13-17H,8,11-12H2,1-5H3,(H,29,39)(H,30,38)(H,31,41)(H,33,40). The molecule has 3 aromatic rings. The van der Waals surface area contributed by atoms with Crippen molar-refractivity contribution in [2.24, 2.45) is 21.1 Å². The number of carbonyl (C=O) groups is 4. The monoisotopic (exact) mass is 560 g/mol. The van der Waals surface area contributed by atoms with Gasteiger partial charge in [0.15, 0.2) is 5.82 Å². The molecule has 0 aliphatic heterocycles. The first-order valence-electron chi connectivity index (χ1n) is 13.0. The van der Waals surface area contributed by atoms with Crippen LogP contribution in [-0.4, -0.2) is 74.4 Å². The lowest BCUT2D eigenvalue weighted by Crippen LogP contribution is -2.28. The first-order chi connectivity index (χ1) is 19.5. The van der Waals surface area contributed by atoms with E-state index in [1.807, 2.05) is 19.0 Å². The molecule has 0 bridgehead atoms. The summed E-state index contributed by atoms with van der Waals surface area (Å²) in [6.45, 7) is 1.40. The highest BCUT2D eigenvalue weighted by atomic mass is 16.2. The third kappa shape index (κ3) is 7.42. The molecule has 1 aliphatic rings. The van der Waals surface area contributed by atoms with Crippen molar-refractivity contribution >= 4 is 40.8 Å². The van der Waals surface area contributed by atoms with E-state index in [9.17, 15) is 19.2 Å². The van der Waals surface area contributed by atoms with Crippen LogP contribution in [0.25, 0.3) is 0 Å². The number of amides is 4. The number of hydrogen-bond acceptors (Lipinski definition) is 6. The summed E-state index contributed by atoms with van der Waals surface area (Å²) in [6.07, 6.45) is 12.5. The van der Waals surface area contributed by atoms with E-state index in [1.165, 1.54) is 10.8 Å². The lowest BCUT2D eigenvalue weighted by molar-refractivity contribution is -0.113. The minimum atomic E-state index is -0.507. The van der Waals surface area contributed by atoms with Gasteiger partial charge in [-0.2, -0.15) is 0 Å². The van der Waals surface area contributed by atoms with E-state index in [0.717, 1.165) is 13.0 Å². The van der Waals surface area contributed by atoms with Crippen molar-refractivity contribution in [2.75, 3.05) is 43.1 Å². The molecule has 1 aliphatic carbocycles. The van der Waals surface area contributed by atoms with Crippen LogP contribution >= 0.6 is 0 Å². The molecule has 13 heteroatoms. The molecule has 13 nitrogen and oxygen atoms in total. The molecule has 0 spiro atoms. The van der Waals surface area contributed by atoms with Crippen molar-refractivity contribution in [3.63, 3.8) is 0 Å². The van der Waals surface area contributed by atoms with Crippen LogP contribution in [0.5, 0.6) is 0 Å². The van der Waals surface area contributed by atoms with Crippen LogP contribution in [-0.2, 0) is 25.9 Å². The van der Waals surface area contributed by atoms with Gasteiger partial charge in [-0.3, -0.25) is 19.2 Å². The second-order valence-electron chi connectivity index (χ2n) is 9.96. The van der Waals surface area contributed by atoms with Gasteiger partial charge in [-0.25, -0.2) is 4.98 Å². The Morgan fingerprint density at radius 3 is 1.95 bits per heavy atom. The van der Waals surface area contributed by atoms with Crippen molar-refractivity contribution in [1.29, 1.82) is 0 Å². The molecule has 3 heterocycles. The van der Waals surface area contributed by atoms with Gasteiger partial charge >= 0.3 is 0 Å². The van der Waals surface area contributed by atoms with Crippen LogP contribution in [0.2, 0.25) is 0 Å². The van der Waals surface area contributed by atoms with E-state index >= 15 is 0 Å². The summed E-state index contributed by atoms with van der Waals surface area (Å²) in [5.74, 6) is -0.721. The van der Waals surface area contributed by atoms with Crippen LogP contribution < -0.4 is 21.3 Å². The summed E-state index contributed by atoms with van der Waals surface area (Å²) in [7, 11) is 8.99. The van der Waals surface area contributed by atoms with Crippen molar-refractivity contribution in [3.8, 4) is 0 Å². The average Bonchev–Trinajstić information content (AvgIpc) is 3.69. The van der Waals surface area contributed by atoms with Crippen molar-refractivity contribution in [1.82, 2.24) is 28.9 Å². The molecular formula is C28H34N9O4. The molecular weight excluding hydrogens is 526 g/mol. The number of rotatable bonds is 11. The zero-order valence-electron chi connectivity index (χ0n) is 23.7. The molecule has 0 unspecified atom stereocenters. The van der Waals surface area contributed by atoms with Crippen LogP contribution in [0, 0.1) is 31.6 Å². The number of carbonyl (C=O) groups excluding carboxylic acids is 4. The van der Waals surface area contributed by atoms with Gasteiger partial charge in [0.1, 0.15) is 11.4 Å². The number of nitrogens with zero attached hydrogens (tertiary/aromatic N) is 5. The van der Waals surface area contributed by atoms with Crippen LogP contribution in [0.15, 0.2) is 30.7 Å². The maximum Gasteiger partial charge on any atom is 0.291 e. The minimum absolute atomic E-state index is 0.0633. The summed E-state index contributed by atoms with van der Waals surface area (Å²) < 4.78 is 4.71. The fourth-order valence-electron chi connectivity index (χ4n) is 4.24. The zero-order valence-corrected chi connectivity index (χ0v) is 23.7. The van der Waals surface area contributed by atoms with E-state index in [-0.39, 0.29) is 29.2 Å². The van der Waals surface area contributed by atoms with Gasteiger partial charge in [0, 0.05) is 46.3 Å². The summed E-state index contributed by atoms with van der Waals surface area (Å²) in [6, 6.07) is 3.15. The molecule has 4 rings (SSSR count). The Morgan fingerprint density at radius 1 is 0.756 bits per heavy atom. The van der Waals surface area contributed by atoms with Gasteiger partial charge in [0.2, 0.25) is 11.7 Å². The molecule has 41 heavy (non-hydrogen) atoms. The largest absolute Gasteiger partial charge is 0.351 e. The summed E-state index contributed by atoms with van der Waals surface area (Å²) in [5, 5.41) is 11.1. The summed E-state index contributed by atoms with van der Waals surface area (Å²) in [4.78, 5) is 57.1. The zero-order chi connectivity index (χ0) is 29.7. The Balaban J connectivity index is 1.35. The van der Waals surface area contributed by atoms with Crippen molar-refractivity contribution in [3.05, 3.63) is 79.5 Å². The van der Waals surface area contributed by atoms with Gasteiger partial charge in [-0.1, -0.05) is 0 Å². The Hall–Kier alpha value is -4.39. The molecule has 4 N–H and O–H groups in total. The van der Waals surface area contributed by atoms with Crippen LogP contribution in [0.3, 0.4) is 0 Å². The second kappa shape index (κ2) is 12.9. The Bertz CT molecular complexity index is 1430. The number of aromatic nitrogens is 4. The van der Waals surface area contributed by atoms with Crippen LogP contribution in [0.1, 0.15) is 38.0 Å². The topological polar surface area (TPSA) is 147 Å². The lowest BCUT2D eigenvalue weighted by Gasteiger charge is -2.10. The highest BCUT2D eigenvalue weighted by Gasteiger charge is 2.25. The Morgan fingerprint density at radius 2 is 1.34 bits per heavy atom. The number of anilines is 3. The summed E-state index contributed by atoms with van der Waals surface area (Å²) >= 11 is 0. The number of aryl methyl sites for hydroxylation is 3. The van der Waals surface area contributed by atoms with Gasteiger partial charge in [0.25, 0.3) is 17.7 Å². The number of hydrogen-bond donors (Lipinski definition) is 4. The highest BCUT2D eigenvalue weighted by molar-refractivity contribution is 6.08. The maximum absolute atomic E-state index is 13.0. The predicted molar refractivity (Wildman–Crippen MR) is 155 cm³/mol. The average molecular weight is 561 g/mol. The first-order valence-corrected chi connectivity index (χ1v) is 13.0. The van der Waals surface area contributed by atoms with Crippen molar-refractivity contribution in [2.45, 2.75) is 6.42 Å². The molecule has 4 amide bonds. The normalized spacial score (nSPS) is 13.4. The molecule has 3 aromatic heterocycles. The predicted octanol–water partition coefficient (Wildman–Crippen LogP) is 1.63. The smallest absolute Gasteiger partial charge is 0.291 e. The van der Waals surface area contributed by atoms with E-state index < -0.39 is 11.8 Å². The SMILES string of the molecule is CN(C)CCCNC(=O)c1cc(NC(=O)c2nc(NC(=O)c3cc(NC(=O)[C]4[CH][CH][CH][CH]4)cn3C)cn2C)cn1C. The van der Waals surface area contributed by atoms with Crippen LogP contribution in [0.4, 0.5) is 17.2 Å².